The molecule has 1 atom stereocenters. The highest BCUT2D eigenvalue weighted by Gasteiger charge is 2.23. The zero-order chi connectivity index (χ0) is 19.6. The van der Waals surface area contributed by atoms with Crippen molar-refractivity contribution in [2.45, 2.75) is 12.5 Å². The van der Waals surface area contributed by atoms with Crippen molar-refractivity contribution in [2.24, 2.45) is 0 Å². The van der Waals surface area contributed by atoms with Crippen molar-refractivity contribution >= 4 is 46.1 Å². The van der Waals surface area contributed by atoms with Crippen LogP contribution in [0.4, 0.5) is 0 Å². The molecule has 0 saturated heterocycles. The Balaban J connectivity index is 1.82. The van der Waals surface area contributed by atoms with E-state index in [1.807, 2.05) is 6.07 Å². The molecule has 7 nitrogen and oxygen atoms in total. The van der Waals surface area contributed by atoms with Gasteiger partial charge in [0.2, 0.25) is 0 Å². The van der Waals surface area contributed by atoms with E-state index in [9.17, 15) is 20.0 Å². The van der Waals surface area contributed by atoms with Crippen molar-refractivity contribution < 1.29 is 14.7 Å². The van der Waals surface area contributed by atoms with Crippen LogP contribution in [-0.4, -0.2) is 33.0 Å². The van der Waals surface area contributed by atoms with Gasteiger partial charge in [-0.25, -0.2) is 9.78 Å². The number of hydrogen-bond donors (Lipinski definition) is 3. The summed E-state index contributed by atoms with van der Waals surface area (Å²) in [5.41, 5.74) is 1.34. The van der Waals surface area contributed by atoms with Gasteiger partial charge in [-0.3, -0.25) is 4.79 Å². The second kappa shape index (κ2) is 7.66. The molecule has 1 amide bonds. The Hall–Kier alpha value is -3.08. The molecule has 0 spiro atoms. The number of nitriles is 1. The van der Waals surface area contributed by atoms with Gasteiger partial charge in [0.1, 0.15) is 17.4 Å². The van der Waals surface area contributed by atoms with Gasteiger partial charge in [0.05, 0.1) is 16.7 Å². The van der Waals surface area contributed by atoms with Gasteiger partial charge >= 0.3 is 5.97 Å². The third-order valence-corrected chi connectivity index (χ3v) is 4.34. The first-order valence-corrected chi connectivity index (χ1v) is 8.49. The van der Waals surface area contributed by atoms with Crippen LogP contribution in [0.2, 0.25) is 10.0 Å². The Labute approximate surface area is 163 Å². The Morgan fingerprint density at radius 2 is 2.04 bits per heavy atom. The number of rotatable bonds is 5. The van der Waals surface area contributed by atoms with E-state index in [1.165, 1.54) is 18.3 Å². The second-order valence-corrected chi connectivity index (χ2v) is 6.63. The maximum absolute atomic E-state index is 12.5. The van der Waals surface area contributed by atoms with Crippen molar-refractivity contribution in [2.75, 3.05) is 0 Å². The lowest BCUT2D eigenvalue weighted by molar-refractivity contribution is -0.139. The minimum Gasteiger partial charge on any atom is -0.480 e. The molecule has 27 heavy (non-hydrogen) atoms. The van der Waals surface area contributed by atoms with E-state index in [-0.39, 0.29) is 17.7 Å². The van der Waals surface area contributed by atoms with Crippen molar-refractivity contribution in [3.8, 4) is 6.07 Å². The third kappa shape index (κ3) is 4.19. The van der Waals surface area contributed by atoms with Crippen LogP contribution in [0.5, 0.6) is 0 Å². The van der Waals surface area contributed by atoms with Crippen LogP contribution in [0.15, 0.2) is 36.5 Å². The number of nitrogens with one attached hydrogen (secondary N) is 2. The molecule has 3 rings (SSSR count). The molecule has 2 heterocycles. The molecule has 1 unspecified atom stereocenters. The average Bonchev–Trinajstić information content (AvgIpc) is 3.05. The first-order valence-electron chi connectivity index (χ1n) is 7.74. The summed E-state index contributed by atoms with van der Waals surface area (Å²) in [5.74, 6) is -1.83. The standard InChI is InChI=1S/C18H12Cl2N4O3/c19-12-2-1-9(11(4-12)7-21)5-15(18(26)27)24-17(25)14-6-10-3-13(20)8-22-16(10)23-14/h1-4,6,8,15H,5H2,(H,22,23)(H,24,25)(H,26,27). The van der Waals surface area contributed by atoms with E-state index in [0.717, 1.165) is 0 Å². The molecule has 0 bridgehead atoms. The number of hydrogen-bond acceptors (Lipinski definition) is 4. The highest BCUT2D eigenvalue weighted by molar-refractivity contribution is 6.31. The van der Waals surface area contributed by atoms with Gasteiger partial charge in [0, 0.05) is 23.0 Å². The number of aliphatic carboxylic acids is 1. The molecular weight excluding hydrogens is 391 g/mol. The molecule has 0 radical (unpaired) electrons. The minimum atomic E-state index is -1.23. The highest BCUT2D eigenvalue weighted by Crippen LogP contribution is 2.19. The number of halogens is 2. The summed E-state index contributed by atoms with van der Waals surface area (Å²) >= 11 is 11.7. The first-order chi connectivity index (χ1) is 12.9. The van der Waals surface area contributed by atoms with Crippen LogP contribution in [0, 0.1) is 11.3 Å². The topological polar surface area (TPSA) is 119 Å². The lowest BCUT2D eigenvalue weighted by Crippen LogP contribution is -2.42. The number of aromatic nitrogens is 2. The van der Waals surface area contributed by atoms with Crippen LogP contribution in [0.1, 0.15) is 21.6 Å². The molecule has 0 fully saturated rings. The van der Waals surface area contributed by atoms with Gasteiger partial charge < -0.3 is 15.4 Å². The molecule has 0 aliphatic rings. The number of aromatic amines is 1. The normalized spacial score (nSPS) is 11.7. The smallest absolute Gasteiger partial charge is 0.326 e. The lowest BCUT2D eigenvalue weighted by atomic mass is 10.0. The van der Waals surface area contributed by atoms with Gasteiger partial charge in [-0.2, -0.15) is 5.26 Å². The highest BCUT2D eigenvalue weighted by atomic mass is 35.5. The molecule has 2 aromatic heterocycles. The maximum Gasteiger partial charge on any atom is 0.326 e. The van der Waals surface area contributed by atoms with Gasteiger partial charge in [-0.15, -0.1) is 0 Å². The van der Waals surface area contributed by atoms with E-state index in [1.54, 1.807) is 18.2 Å². The Morgan fingerprint density at radius 3 is 2.74 bits per heavy atom. The SMILES string of the molecule is N#Cc1cc(Cl)ccc1CC(NC(=O)c1cc2cc(Cl)cnc2[nH]1)C(=O)O. The monoisotopic (exact) mass is 402 g/mol. The Bertz CT molecular complexity index is 1090. The lowest BCUT2D eigenvalue weighted by Gasteiger charge is -2.15. The predicted octanol–water partition coefficient (Wildman–Crippen LogP) is 3.17. The molecule has 136 valence electrons. The number of carboxylic acids is 1. The molecule has 3 N–H and O–H groups in total. The van der Waals surface area contributed by atoms with Crippen LogP contribution >= 0.6 is 23.2 Å². The third-order valence-electron chi connectivity index (χ3n) is 3.90. The number of carboxylic acid groups (broad SMARTS) is 1. The zero-order valence-corrected chi connectivity index (χ0v) is 15.2. The van der Waals surface area contributed by atoms with Crippen LogP contribution in [0.25, 0.3) is 11.0 Å². The molecule has 9 heteroatoms. The van der Waals surface area contributed by atoms with Crippen LogP contribution < -0.4 is 5.32 Å². The first kappa shape index (κ1) is 18.7. The number of H-pyrrole nitrogens is 1. The number of pyridine rings is 1. The number of benzene rings is 1. The molecule has 0 saturated carbocycles. The summed E-state index contributed by atoms with van der Waals surface area (Å²) in [6.07, 6.45) is 1.37. The zero-order valence-electron chi connectivity index (χ0n) is 13.7. The van der Waals surface area contributed by atoms with Crippen molar-refractivity contribution in [1.29, 1.82) is 5.26 Å². The van der Waals surface area contributed by atoms with Gasteiger partial charge in [0.25, 0.3) is 5.91 Å². The summed E-state index contributed by atoms with van der Waals surface area (Å²) in [6, 6.07) is 8.49. The average molecular weight is 403 g/mol. The van der Waals surface area contributed by atoms with E-state index in [2.05, 4.69) is 15.3 Å². The van der Waals surface area contributed by atoms with Crippen LogP contribution in [-0.2, 0) is 11.2 Å². The fourth-order valence-electron chi connectivity index (χ4n) is 2.60. The number of amides is 1. The summed E-state index contributed by atoms with van der Waals surface area (Å²) in [5, 5.41) is 22.5. The van der Waals surface area contributed by atoms with Crippen molar-refractivity contribution in [3.63, 3.8) is 0 Å². The second-order valence-electron chi connectivity index (χ2n) is 5.76. The molecular formula is C18H12Cl2N4O3. The molecule has 1 aromatic carbocycles. The fourth-order valence-corrected chi connectivity index (χ4v) is 2.94. The van der Waals surface area contributed by atoms with E-state index < -0.39 is 17.9 Å². The predicted molar refractivity (Wildman–Crippen MR) is 99.9 cm³/mol. The summed E-state index contributed by atoms with van der Waals surface area (Å²) in [4.78, 5) is 30.9. The number of nitrogens with zero attached hydrogens (tertiary/aromatic N) is 2. The maximum atomic E-state index is 12.5. The largest absolute Gasteiger partial charge is 0.480 e. The van der Waals surface area contributed by atoms with Crippen molar-refractivity contribution in [1.82, 2.24) is 15.3 Å². The molecule has 0 aliphatic carbocycles. The number of fused-ring (bicyclic) bond motifs is 1. The molecule has 0 aliphatic heterocycles. The van der Waals surface area contributed by atoms with Gasteiger partial charge in [-0.1, -0.05) is 29.3 Å². The summed E-state index contributed by atoms with van der Waals surface area (Å²) < 4.78 is 0. The Kier molecular flexibility index (Phi) is 5.31. The van der Waals surface area contributed by atoms with Crippen LogP contribution in [0.3, 0.4) is 0 Å². The Morgan fingerprint density at radius 1 is 1.26 bits per heavy atom. The summed E-state index contributed by atoms with van der Waals surface area (Å²) in [6.45, 7) is 0. The minimum absolute atomic E-state index is 0.0640. The van der Waals surface area contributed by atoms with E-state index in [4.69, 9.17) is 23.2 Å². The van der Waals surface area contributed by atoms with Gasteiger partial charge in [0.15, 0.2) is 0 Å². The van der Waals surface area contributed by atoms with E-state index in [0.29, 0.717) is 26.6 Å². The fraction of sp³-hybridized carbons (Fsp3) is 0.111. The number of carbonyl (C=O) groups excluding carboxylic acids is 1. The molecule has 3 aromatic rings. The quantitative estimate of drug-likeness (QED) is 0.605. The summed E-state index contributed by atoms with van der Waals surface area (Å²) in [7, 11) is 0. The van der Waals surface area contributed by atoms with Gasteiger partial charge in [-0.05, 0) is 29.8 Å². The van der Waals surface area contributed by atoms with E-state index >= 15 is 0 Å². The van der Waals surface area contributed by atoms with Crippen molar-refractivity contribution in [3.05, 3.63) is 63.4 Å². The number of carbonyl (C=O) groups is 2.